The number of hydrogen-bond acceptors (Lipinski definition) is 2. The predicted octanol–water partition coefficient (Wildman–Crippen LogP) is 2.31. The molecule has 1 amide bonds. The van der Waals surface area contributed by atoms with Gasteiger partial charge in [-0.3, -0.25) is 0 Å². The van der Waals surface area contributed by atoms with Gasteiger partial charge in [-0.15, -0.1) is 23.2 Å². The van der Waals surface area contributed by atoms with Crippen LogP contribution in [0.4, 0.5) is 4.79 Å². The first-order valence-electron chi connectivity index (χ1n) is 4.29. The summed E-state index contributed by atoms with van der Waals surface area (Å²) in [6.07, 6.45) is 0.490. The van der Waals surface area contributed by atoms with E-state index in [-0.39, 0.29) is 6.09 Å². The molecule has 0 N–H and O–H groups in total. The van der Waals surface area contributed by atoms with Gasteiger partial charge in [-0.25, -0.2) is 4.79 Å². The van der Waals surface area contributed by atoms with Crippen LogP contribution >= 0.6 is 23.2 Å². The maximum Gasteiger partial charge on any atom is 0.409 e. The zero-order valence-electron chi connectivity index (χ0n) is 7.76. The molecule has 78 valence electrons. The van der Waals surface area contributed by atoms with E-state index in [9.17, 15) is 4.79 Å². The Kier molecular flexibility index (Phi) is 8.35. The van der Waals surface area contributed by atoms with Gasteiger partial charge in [0.1, 0.15) is 0 Å². The van der Waals surface area contributed by atoms with E-state index in [0.29, 0.717) is 31.5 Å². The van der Waals surface area contributed by atoms with Gasteiger partial charge in [0.25, 0.3) is 0 Å². The fourth-order valence-corrected chi connectivity index (χ4v) is 1.19. The molecule has 0 unspecified atom stereocenters. The number of hydrogen-bond donors (Lipinski definition) is 0. The number of alkyl halides is 2. The Balaban J connectivity index is 3.80. The molecule has 0 saturated carbocycles. The van der Waals surface area contributed by atoms with Crippen molar-refractivity contribution in [2.45, 2.75) is 13.3 Å². The van der Waals surface area contributed by atoms with Crippen molar-refractivity contribution in [1.82, 2.24) is 4.90 Å². The fourth-order valence-electron chi connectivity index (χ4n) is 0.779. The van der Waals surface area contributed by atoms with Gasteiger partial charge < -0.3 is 9.64 Å². The van der Waals surface area contributed by atoms with Gasteiger partial charge in [0.2, 0.25) is 0 Å². The summed E-state index contributed by atoms with van der Waals surface area (Å²) in [4.78, 5) is 12.8. The minimum Gasteiger partial charge on any atom is -0.449 e. The van der Waals surface area contributed by atoms with Crippen LogP contribution in [0, 0.1) is 0 Å². The van der Waals surface area contributed by atoms with Crippen LogP contribution in [0.1, 0.15) is 13.3 Å². The fraction of sp³-hybridized carbons (Fsp3) is 0.875. The molecule has 0 aliphatic rings. The van der Waals surface area contributed by atoms with Crippen molar-refractivity contribution in [1.29, 1.82) is 0 Å². The SMILES string of the molecule is CCCOC(=O)N(CCCl)CCCl. The summed E-state index contributed by atoms with van der Waals surface area (Å²) in [5.74, 6) is 0.802. The van der Waals surface area contributed by atoms with Crippen molar-refractivity contribution >= 4 is 29.3 Å². The number of ether oxygens (including phenoxy) is 1. The number of rotatable bonds is 6. The Morgan fingerprint density at radius 3 is 2.23 bits per heavy atom. The largest absolute Gasteiger partial charge is 0.449 e. The second-order valence-corrected chi connectivity index (χ2v) is 3.24. The highest BCUT2D eigenvalue weighted by Gasteiger charge is 2.12. The Morgan fingerprint density at radius 2 is 1.85 bits per heavy atom. The van der Waals surface area contributed by atoms with Crippen molar-refractivity contribution in [3.05, 3.63) is 0 Å². The predicted molar refractivity (Wildman–Crippen MR) is 54.7 cm³/mol. The van der Waals surface area contributed by atoms with Crippen LogP contribution in [0.3, 0.4) is 0 Å². The third-order valence-electron chi connectivity index (χ3n) is 1.40. The highest BCUT2D eigenvalue weighted by atomic mass is 35.5. The van der Waals surface area contributed by atoms with Crippen LogP contribution in [-0.4, -0.2) is 42.4 Å². The molecule has 0 aliphatic heterocycles. The smallest absolute Gasteiger partial charge is 0.409 e. The zero-order chi connectivity index (χ0) is 10.1. The maximum absolute atomic E-state index is 11.3. The highest BCUT2D eigenvalue weighted by molar-refractivity contribution is 6.18. The second-order valence-electron chi connectivity index (χ2n) is 2.48. The minimum absolute atomic E-state index is 0.330. The lowest BCUT2D eigenvalue weighted by Gasteiger charge is -2.19. The summed E-state index contributed by atoms with van der Waals surface area (Å²) in [6.45, 7) is 3.36. The van der Waals surface area contributed by atoms with E-state index in [4.69, 9.17) is 27.9 Å². The molecule has 0 aliphatic carbocycles. The van der Waals surface area contributed by atoms with E-state index in [1.54, 1.807) is 0 Å². The van der Waals surface area contributed by atoms with Gasteiger partial charge in [-0.05, 0) is 6.42 Å². The molecule has 0 atom stereocenters. The van der Waals surface area contributed by atoms with Crippen LogP contribution < -0.4 is 0 Å². The van der Waals surface area contributed by atoms with Crippen molar-refractivity contribution < 1.29 is 9.53 Å². The third kappa shape index (κ3) is 5.99. The Bertz CT molecular complexity index is 138. The summed E-state index contributed by atoms with van der Waals surface area (Å²) in [7, 11) is 0. The highest BCUT2D eigenvalue weighted by Crippen LogP contribution is 1.97. The van der Waals surface area contributed by atoms with Crippen LogP contribution in [-0.2, 0) is 4.74 Å². The normalized spacial score (nSPS) is 9.77. The van der Waals surface area contributed by atoms with Crippen molar-refractivity contribution in [2.24, 2.45) is 0 Å². The van der Waals surface area contributed by atoms with E-state index in [1.165, 1.54) is 4.90 Å². The van der Waals surface area contributed by atoms with Crippen LogP contribution in [0.15, 0.2) is 0 Å². The summed E-state index contributed by atoms with van der Waals surface area (Å²) < 4.78 is 4.93. The number of amides is 1. The summed E-state index contributed by atoms with van der Waals surface area (Å²) in [6, 6.07) is 0. The lowest BCUT2D eigenvalue weighted by Crippen LogP contribution is -2.35. The molecule has 0 aromatic heterocycles. The Morgan fingerprint density at radius 1 is 1.31 bits per heavy atom. The molecule has 0 spiro atoms. The molecule has 0 aromatic carbocycles. The standard InChI is InChI=1S/C8H15Cl2NO2/c1-2-7-13-8(12)11(5-3-9)6-4-10/h2-7H2,1H3. The molecule has 0 aromatic rings. The summed E-state index contributed by atoms with van der Waals surface area (Å²) in [5.41, 5.74) is 0. The van der Waals surface area contributed by atoms with E-state index >= 15 is 0 Å². The van der Waals surface area contributed by atoms with Gasteiger partial charge in [-0.2, -0.15) is 0 Å². The van der Waals surface area contributed by atoms with E-state index in [1.807, 2.05) is 6.92 Å². The molecular formula is C8H15Cl2NO2. The zero-order valence-corrected chi connectivity index (χ0v) is 9.27. The Hall–Kier alpha value is -0.150. The molecule has 0 saturated heterocycles. The molecule has 0 fully saturated rings. The van der Waals surface area contributed by atoms with Gasteiger partial charge in [0.05, 0.1) is 6.61 Å². The number of carbonyl (C=O) groups is 1. The molecule has 0 bridgehead atoms. The van der Waals surface area contributed by atoms with Crippen molar-refractivity contribution in [3.8, 4) is 0 Å². The van der Waals surface area contributed by atoms with E-state index < -0.39 is 0 Å². The first-order valence-corrected chi connectivity index (χ1v) is 5.36. The molecule has 13 heavy (non-hydrogen) atoms. The van der Waals surface area contributed by atoms with Gasteiger partial charge in [0.15, 0.2) is 0 Å². The molecule has 0 radical (unpaired) electrons. The van der Waals surface area contributed by atoms with Gasteiger partial charge in [-0.1, -0.05) is 6.92 Å². The molecule has 0 heterocycles. The van der Waals surface area contributed by atoms with Gasteiger partial charge in [0, 0.05) is 24.8 Å². The van der Waals surface area contributed by atoms with Crippen molar-refractivity contribution in [2.75, 3.05) is 31.5 Å². The lowest BCUT2D eigenvalue weighted by molar-refractivity contribution is 0.107. The molecule has 3 nitrogen and oxygen atoms in total. The second kappa shape index (κ2) is 8.45. The van der Waals surface area contributed by atoms with Crippen LogP contribution in [0.25, 0.3) is 0 Å². The summed E-state index contributed by atoms with van der Waals surface area (Å²) in [5, 5.41) is 0. The summed E-state index contributed by atoms with van der Waals surface area (Å²) >= 11 is 11.0. The molecular weight excluding hydrogens is 213 g/mol. The minimum atomic E-state index is -0.330. The lowest BCUT2D eigenvalue weighted by atomic mass is 10.5. The molecule has 0 rings (SSSR count). The molecule has 5 heteroatoms. The first-order chi connectivity index (χ1) is 6.26. The Labute approximate surface area is 88.9 Å². The van der Waals surface area contributed by atoms with E-state index in [2.05, 4.69) is 0 Å². The maximum atomic E-state index is 11.3. The third-order valence-corrected chi connectivity index (χ3v) is 1.73. The van der Waals surface area contributed by atoms with E-state index in [0.717, 1.165) is 6.42 Å². The number of carbonyl (C=O) groups excluding carboxylic acids is 1. The monoisotopic (exact) mass is 227 g/mol. The number of nitrogens with zero attached hydrogens (tertiary/aromatic N) is 1. The van der Waals surface area contributed by atoms with Crippen molar-refractivity contribution in [3.63, 3.8) is 0 Å². The topological polar surface area (TPSA) is 29.5 Å². The number of halogens is 2. The van der Waals surface area contributed by atoms with Crippen LogP contribution in [0.5, 0.6) is 0 Å². The first kappa shape index (κ1) is 12.8. The average Bonchev–Trinajstić information content (AvgIpc) is 2.14. The van der Waals surface area contributed by atoms with Crippen LogP contribution in [0.2, 0.25) is 0 Å². The van der Waals surface area contributed by atoms with Gasteiger partial charge >= 0.3 is 6.09 Å². The average molecular weight is 228 g/mol. The quantitative estimate of drug-likeness (QED) is 0.653.